The number of carbonyl (C=O) groups excluding carboxylic acids is 2. The molecule has 28 heavy (non-hydrogen) atoms. The molecule has 0 fully saturated rings. The molecule has 0 aliphatic heterocycles. The molecular formula is C21H25NO6. The molecule has 7 nitrogen and oxygen atoms in total. The Hall–Kier alpha value is -3.22. The Balaban J connectivity index is 1.81. The molecule has 0 spiro atoms. The van der Waals surface area contributed by atoms with Crippen LogP contribution in [0.25, 0.3) is 0 Å². The zero-order chi connectivity index (χ0) is 20.4. The Kier molecular flexibility index (Phi) is 8.14. The van der Waals surface area contributed by atoms with Crippen LogP contribution in [0.2, 0.25) is 0 Å². The number of hydrogen-bond donors (Lipinski definition) is 1. The van der Waals surface area contributed by atoms with Gasteiger partial charge < -0.3 is 24.3 Å². The molecule has 7 heteroatoms. The summed E-state index contributed by atoms with van der Waals surface area (Å²) in [5, 5.41) is 2.57. The van der Waals surface area contributed by atoms with E-state index in [4.69, 9.17) is 18.9 Å². The van der Waals surface area contributed by atoms with E-state index >= 15 is 0 Å². The normalized spacial score (nSPS) is 10.1. The van der Waals surface area contributed by atoms with Crippen LogP contribution in [-0.4, -0.2) is 39.8 Å². The summed E-state index contributed by atoms with van der Waals surface area (Å²) in [6, 6.07) is 12.9. The topological polar surface area (TPSA) is 83.1 Å². The van der Waals surface area contributed by atoms with E-state index in [1.54, 1.807) is 13.2 Å². The molecule has 2 aromatic carbocycles. The minimum Gasteiger partial charge on any atom is -0.493 e. The molecule has 0 unspecified atom stereocenters. The minimum atomic E-state index is -0.485. The van der Waals surface area contributed by atoms with Gasteiger partial charge in [0.05, 0.1) is 21.3 Å². The van der Waals surface area contributed by atoms with Crippen LogP contribution >= 0.6 is 0 Å². The third-order valence-electron chi connectivity index (χ3n) is 4.08. The summed E-state index contributed by atoms with van der Waals surface area (Å²) in [5.41, 5.74) is 1.70. The van der Waals surface area contributed by atoms with Crippen LogP contribution < -0.4 is 19.5 Å². The number of esters is 1. The van der Waals surface area contributed by atoms with E-state index in [1.807, 2.05) is 36.4 Å². The predicted octanol–water partition coefficient (Wildman–Crippen LogP) is 2.50. The number of carbonyl (C=O) groups is 2. The molecule has 0 atom stereocenters. The van der Waals surface area contributed by atoms with E-state index in [0.717, 1.165) is 11.1 Å². The average Bonchev–Trinajstić information content (AvgIpc) is 2.74. The number of ether oxygens (including phenoxy) is 4. The van der Waals surface area contributed by atoms with Crippen molar-refractivity contribution in [1.29, 1.82) is 0 Å². The highest BCUT2D eigenvalue weighted by molar-refractivity contribution is 5.82. The standard InChI is InChI=1S/C21H25NO6/c1-25-17-11-9-16(20(26-2)21(17)27-3)10-12-18(23)22-13-19(24)28-14-15-7-5-4-6-8-15/h4-9,11H,10,12-14H2,1-3H3,(H,22,23). The lowest BCUT2D eigenvalue weighted by Gasteiger charge is -2.15. The molecule has 1 amide bonds. The Morgan fingerprint density at radius 1 is 0.893 bits per heavy atom. The summed E-state index contributed by atoms with van der Waals surface area (Å²) >= 11 is 0. The van der Waals surface area contributed by atoms with Crippen molar-refractivity contribution >= 4 is 11.9 Å². The van der Waals surface area contributed by atoms with Gasteiger partial charge in [0.25, 0.3) is 0 Å². The van der Waals surface area contributed by atoms with Gasteiger partial charge in [0.2, 0.25) is 11.7 Å². The molecule has 1 N–H and O–H groups in total. The van der Waals surface area contributed by atoms with Crippen LogP contribution in [0.4, 0.5) is 0 Å². The van der Waals surface area contributed by atoms with Gasteiger partial charge in [0, 0.05) is 6.42 Å². The zero-order valence-corrected chi connectivity index (χ0v) is 16.3. The summed E-state index contributed by atoms with van der Waals surface area (Å²) in [5.74, 6) is 0.812. The van der Waals surface area contributed by atoms with Crippen LogP contribution in [0, 0.1) is 0 Å². The molecule has 150 valence electrons. The van der Waals surface area contributed by atoms with Gasteiger partial charge in [-0.3, -0.25) is 9.59 Å². The first-order valence-corrected chi connectivity index (χ1v) is 8.83. The lowest BCUT2D eigenvalue weighted by atomic mass is 10.1. The van der Waals surface area contributed by atoms with E-state index in [1.165, 1.54) is 14.2 Å². The van der Waals surface area contributed by atoms with Crippen LogP contribution in [0.1, 0.15) is 17.5 Å². The van der Waals surface area contributed by atoms with Crippen LogP contribution in [0.5, 0.6) is 17.2 Å². The fourth-order valence-corrected chi connectivity index (χ4v) is 2.66. The van der Waals surface area contributed by atoms with Crippen molar-refractivity contribution in [2.75, 3.05) is 27.9 Å². The summed E-state index contributed by atoms with van der Waals surface area (Å²) < 4.78 is 21.1. The van der Waals surface area contributed by atoms with Gasteiger partial charge in [-0.15, -0.1) is 0 Å². The first kappa shape index (κ1) is 21.1. The Bertz CT molecular complexity index is 791. The van der Waals surface area contributed by atoms with Crippen LogP contribution in [-0.2, 0) is 27.4 Å². The highest BCUT2D eigenvalue weighted by Crippen LogP contribution is 2.40. The van der Waals surface area contributed by atoms with Crippen molar-refractivity contribution in [3.05, 3.63) is 53.6 Å². The molecule has 0 saturated carbocycles. The number of aryl methyl sites for hydroxylation is 1. The monoisotopic (exact) mass is 387 g/mol. The first-order chi connectivity index (χ1) is 13.6. The molecule has 0 bridgehead atoms. The highest BCUT2D eigenvalue weighted by atomic mass is 16.5. The average molecular weight is 387 g/mol. The van der Waals surface area contributed by atoms with Crippen molar-refractivity contribution in [2.45, 2.75) is 19.4 Å². The highest BCUT2D eigenvalue weighted by Gasteiger charge is 2.16. The first-order valence-electron chi connectivity index (χ1n) is 8.83. The summed E-state index contributed by atoms with van der Waals surface area (Å²) in [7, 11) is 4.60. The Labute approximate surface area is 164 Å². The SMILES string of the molecule is COc1ccc(CCC(=O)NCC(=O)OCc2ccccc2)c(OC)c1OC. The Morgan fingerprint density at radius 2 is 1.61 bits per heavy atom. The molecule has 0 aliphatic rings. The number of nitrogens with one attached hydrogen (secondary N) is 1. The molecule has 0 radical (unpaired) electrons. The van der Waals surface area contributed by atoms with Crippen molar-refractivity contribution in [3.63, 3.8) is 0 Å². The number of amides is 1. The maximum Gasteiger partial charge on any atom is 0.325 e. The Morgan fingerprint density at radius 3 is 2.25 bits per heavy atom. The minimum absolute atomic E-state index is 0.172. The van der Waals surface area contributed by atoms with Crippen molar-refractivity contribution in [3.8, 4) is 17.2 Å². The van der Waals surface area contributed by atoms with Gasteiger partial charge in [0.15, 0.2) is 11.5 Å². The fraction of sp³-hybridized carbons (Fsp3) is 0.333. The van der Waals surface area contributed by atoms with Gasteiger partial charge >= 0.3 is 5.97 Å². The summed E-state index contributed by atoms with van der Waals surface area (Å²) in [6.45, 7) is 0.00706. The second-order valence-corrected chi connectivity index (χ2v) is 5.92. The van der Waals surface area contributed by atoms with Crippen molar-refractivity contribution in [2.24, 2.45) is 0 Å². The summed E-state index contributed by atoms with van der Waals surface area (Å²) in [6.07, 6.45) is 0.617. The maximum atomic E-state index is 12.1. The smallest absolute Gasteiger partial charge is 0.325 e. The molecule has 0 saturated heterocycles. The zero-order valence-electron chi connectivity index (χ0n) is 16.3. The lowest BCUT2D eigenvalue weighted by molar-refractivity contribution is -0.145. The second kappa shape index (κ2) is 10.8. The number of rotatable bonds is 10. The molecule has 0 aromatic heterocycles. The molecule has 2 aromatic rings. The second-order valence-electron chi connectivity index (χ2n) is 5.92. The van der Waals surface area contributed by atoms with Gasteiger partial charge in [-0.25, -0.2) is 0 Å². The molecule has 0 aliphatic carbocycles. The van der Waals surface area contributed by atoms with Gasteiger partial charge in [-0.2, -0.15) is 0 Å². The van der Waals surface area contributed by atoms with Crippen LogP contribution in [0.3, 0.4) is 0 Å². The van der Waals surface area contributed by atoms with E-state index in [2.05, 4.69) is 5.32 Å². The third-order valence-corrected chi connectivity index (χ3v) is 4.08. The maximum absolute atomic E-state index is 12.1. The van der Waals surface area contributed by atoms with Gasteiger partial charge in [-0.05, 0) is 23.6 Å². The lowest BCUT2D eigenvalue weighted by Crippen LogP contribution is -2.30. The van der Waals surface area contributed by atoms with Crippen molar-refractivity contribution < 1.29 is 28.5 Å². The van der Waals surface area contributed by atoms with Gasteiger partial charge in [0.1, 0.15) is 13.2 Å². The quantitative estimate of drug-likeness (QED) is 0.631. The van der Waals surface area contributed by atoms with Crippen molar-refractivity contribution in [1.82, 2.24) is 5.32 Å². The van der Waals surface area contributed by atoms with Gasteiger partial charge in [-0.1, -0.05) is 36.4 Å². The molecule has 0 heterocycles. The van der Waals surface area contributed by atoms with E-state index < -0.39 is 5.97 Å². The summed E-state index contributed by atoms with van der Waals surface area (Å²) in [4.78, 5) is 23.8. The molecular weight excluding hydrogens is 362 g/mol. The van der Waals surface area contributed by atoms with E-state index in [0.29, 0.717) is 23.7 Å². The number of methoxy groups -OCH3 is 3. The fourth-order valence-electron chi connectivity index (χ4n) is 2.66. The van der Waals surface area contributed by atoms with Crippen LogP contribution in [0.15, 0.2) is 42.5 Å². The van der Waals surface area contributed by atoms with E-state index in [-0.39, 0.29) is 25.5 Å². The van der Waals surface area contributed by atoms with E-state index in [9.17, 15) is 9.59 Å². The number of hydrogen-bond acceptors (Lipinski definition) is 6. The third kappa shape index (κ3) is 5.90. The number of benzene rings is 2. The predicted molar refractivity (Wildman–Crippen MR) is 104 cm³/mol. The largest absolute Gasteiger partial charge is 0.493 e. The molecule has 2 rings (SSSR count).